The largest absolute Gasteiger partial charge is 0.309 e. The van der Waals surface area contributed by atoms with Crippen LogP contribution in [0.2, 0.25) is 0 Å². The van der Waals surface area contributed by atoms with Crippen molar-refractivity contribution < 1.29 is 0 Å². The standard InChI is InChI=1S/C51H32N2/c52-33-39-31-38(37-15-12-16-40(32-37)53-48-23-10-8-17-42(48)43-18-9-11-24-49(43)53)29-30-41(39)34-25-27-36(28-26-34)51-46-21-6-4-19-44(46)50(35-13-2-1-3-14-35)45-20-5-7-22-47(45)51/h1-32H. The molecule has 0 aliphatic rings. The van der Waals surface area contributed by atoms with E-state index in [9.17, 15) is 5.26 Å². The van der Waals surface area contributed by atoms with Crippen LogP contribution in [0.25, 0.3) is 93.5 Å². The molecule has 0 saturated carbocycles. The molecule has 0 amide bonds. The van der Waals surface area contributed by atoms with Crippen LogP contribution < -0.4 is 0 Å². The van der Waals surface area contributed by atoms with E-state index in [0.29, 0.717) is 5.56 Å². The van der Waals surface area contributed by atoms with E-state index in [2.05, 4.69) is 199 Å². The molecule has 0 aliphatic heterocycles. The molecule has 246 valence electrons. The molecule has 9 aromatic carbocycles. The van der Waals surface area contributed by atoms with Gasteiger partial charge in [-0.05, 0) is 96.4 Å². The zero-order chi connectivity index (χ0) is 35.3. The van der Waals surface area contributed by atoms with Gasteiger partial charge >= 0.3 is 0 Å². The van der Waals surface area contributed by atoms with Crippen molar-refractivity contribution in [3.63, 3.8) is 0 Å². The molecule has 0 saturated heterocycles. The summed E-state index contributed by atoms with van der Waals surface area (Å²) in [6, 6.07) is 71.4. The number of aromatic nitrogens is 1. The number of nitriles is 1. The lowest BCUT2D eigenvalue weighted by Gasteiger charge is -2.18. The number of fused-ring (bicyclic) bond motifs is 5. The van der Waals surface area contributed by atoms with Crippen molar-refractivity contribution in [2.75, 3.05) is 0 Å². The molecule has 2 heteroatoms. The number of hydrogen-bond donors (Lipinski definition) is 0. The van der Waals surface area contributed by atoms with Crippen LogP contribution in [0.4, 0.5) is 0 Å². The van der Waals surface area contributed by atoms with Crippen LogP contribution in [0.15, 0.2) is 194 Å². The maximum Gasteiger partial charge on any atom is 0.0998 e. The van der Waals surface area contributed by atoms with Gasteiger partial charge in [0.05, 0.1) is 22.7 Å². The second-order valence-corrected chi connectivity index (χ2v) is 13.6. The van der Waals surface area contributed by atoms with E-state index >= 15 is 0 Å². The second-order valence-electron chi connectivity index (χ2n) is 13.6. The lowest BCUT2D eigenvalue weighted by molar-refractivity contribution is 1.18. The van der Waals surface area contributed by atoms with Crippen LogP contribution in [-0.4, -0.2) is 4.57 Å². The Labute approximate surface area is 308 Å². The van der Waals surface area contributed by atoms with E-state index in [-0.39, 0.29) is 0 Å². The lowest BCUT2D eigenvalue weighted by atomic mass is 9.85. The fourth-order valence-electron chi connectivity index (χ4n) is 8.27. The Morgan fingerprint density at radius 3 is 1.34 bits per heavy atom. The minimum absolute atomic E-state index is 0.653. The van der Waals surface area contributed by atoms with Crippen LogP contribution in [0.5, 0.6) is 0 Å². The van der Waals surface area contributed by atoms with Crippen molar-refractivity contribution in [2.24, 2.45) is 0 Å². The maximum atomic E-state index is 10.4. The predicted molar refractivity (Wildman–Crippen MR) is 222 cm³/mol. The summed E-state index contributed by atoms with van der Waals surface area (Å²) >= 11 is 0. The van der Waals surface area contributed by atoms with Crippen LogP contribution >= 0.6 is 0 Å². The summed E-state index contributed by atoms with van der Waals surface area (Å²) in [4.78, 5) is 0. The highest BCUT2D eigenvalue weighted by atomic mass is 15.0. The van der Waals surface area contributed by atoms with E-state index in [1.54, 1.807) is 0 Å². The quantitative estimate of drug-likeness (QED) is 0.167. The van der Waals surface area contributed by atoms with Crippen molar-refractivity contribution in [3.05, 3.63) is 200 Å². The van der Waals surface area contributed by atoms with Gasteiger partial charge in [0, 0.05) is 16.5 Å². The number of para-hydroxylation sites is 2. The van der Waals surface area contributed by atoms with E-state index in [1.165, 1.54) is 60.0 Å². The molecule has 1 aromatic heterocycles. The molecule has 0 fully saturated rings. The van der Waals surface area contributed by atoms with Crippen molar-refractivity contribution in [3.8, 4) is 56.3 Å². The fourth-order valence-corrected chi connectivity index (χ4v) is 8.27. The van der Waals surface area contributed by atoms with Crippen LogP contribution in [0.3, 0.4) is 0 Å². The van der Waals surface area contributed by atoms with Gasteiger partial charge < -0.3 is 4.57 Å². The molecule has 0 N–H and O–H groups in total. The first-order valence-corrected chi connectivity index (χ1v) is 18.0. The second kappa shape index (κ2) is 12.5. The van der Waals surface area contributed by atoms with Gasteiger partial charge in [-0.25, -0.2) is 0 Å². The molecule has 53 heavy (non-hydrogen) atoms. The van der Waals surface area contributed by atoms with Gasteiger partial charge in [0.15, 0.2) is 0 Å². The summed E-state index contributed by atoms with van der Waals surface area (Å²) in [6.45, 7) is 0. The third-order valence-electron chi connectivity index (χ3n) is 10.6. The Balaban J connectivity index is 1.04. The highest BCUT2D eigenvalue weighted by molar-refractivity contribution is 6.21. The summed E-state index contributed by atoms with van der Waals surface area (Å²) in [5.41, 5.74) is 13.0. The molecule has 10 aromatic rings. The van der Waals surface area contributed by atoms with Gasteiger partial charge in [0.25, 0.3) is 0 Å². The molecule has 0 atom stereocenters. The SMILES string of the molecule is N#Cc1cc(-c2cccc(-n3c4ccccc4c4ccccc43)c2)ccc1-c1ccc(-c2c3ccccc3c(-c3ccccc3)c3ccccc23)cc1. The summed E-state index contributed by atoms with van der Waals surface area (Å²) in [5, 5.41) is 17.8. The maximum absolute atomic E-state index is 10.4. The Kier molecular flexibility index (Phi) is 7.23. The normalized spacial score (nSPS) is 11.4. The number of rotatable bonds is 5. The Morgan fingerprint density at radius 2 is 0.774 bits per heavy atom. The third-order valence-corrected chi connectivity index (χ3v) is 10.6. The molecule has 0 aliphatic carbocycles. The molecule has 0 spiro atoms. The Hall–Kier alpha value is -7.21. The molecular formula is C51H32N2. The Morgan fingerprint density at radius 1 is 0.340 bits per heavy atom. The minimum Gasteiger partial charge on any atom is -0.309 e. The van der Waals surface area contributed by atoms with E-state index < -0.39 is 0 Å². The van der Waals surface area contributed by atoms with Gasteiger partial charge in [-0.2, -0.15) is 5.26 Å². The van der Waals surface area contributed by atoms with Crippen molar-refractivity contribution in [1.82, 2.24) is 4.57 Å². The van der Waals surface area contributed by atoms with Crippen LogP contribution in [-0.2, 0) is 0 Å². The fraction of sp³-hybridized carbons (Fsp3) is 0. The molecule has 10 rings (SSSR count). The first-order chi connectivity index (χ1) is 26.3. The zero-order valence-electron chi connectivity index (χ0n) is 28.9. The van der Waals surface area contributed by atoms with Crippen molar-refractivity contribution in [1.29, 1.82) is 5.26 Å². The zero-order valence-corrected chi connectivity index (χ0v) is 28.9. The average Bonchev–Trinajstić information content (AvgIpc) is 3.57. The smallest absolute Gasteiger partial charge is 0.0998 e. The van der Waals surface area contributed by atoms with Crippen LogP contribution in [0, 0.1) is 11.3 Å². The minimum atomic E-state index is 0.653. The van der Waals surface area contributed by atoms with Gasteiger partial charge in [0.2, 0.25) is 0 Å². The molecule has 0 bridgehead atoms. The Bertz CT molecular complexity index is 2940. The van der Waals surface area contributed by atoms with Gasteiger partial charge in [-0.1, -0.05) is 164 Å². The molecular weight excluding hydrogens is 641 g/mol. The number of hydrogen-bond acceptors (Lipinski definition) is 1. The van der Waals surface area contributed by atoms with Gasteiger partial charge in [0.1, 0.15) is 0 Å². The average molecular weight is 673 g/mol. The molecule has 1 heterocycles. The van der Waals surface area contributed by atoms with Crippen LogP contribution in [0.1, 0.15) is 5.56 Å². The molecule has 0 unspecified atom stereocenters. The van der Waals surface area contributed by atoms with Gasteiger partial charge in [-0.15, -0.1) is 0 Å². The van der Waals surface area contributed by atoms with Crippen molar-refractivity contribution >= 4 is 43.4 Å². The summed E-state index contributed by atoms with van der Waals surface area (Å²) in [7, 11) is 0. The van der Waals surface area contributed by atoms with Crippen molar-refractivity contribution in [2.45, 2.75) is 0 Å². The first kappa shape index (κ1) is 30.6. The molecule has 2 nitrogen and oxygen atoms in total. The summed E-state index contributed by atoms with van der Waals surface area (Å²) < 4.78 is 2.33. The van der Waals surface area contributed by atoms with Gasteiger partial charge in [-0.3, -0.25) is 0 Å². The van der Waals surface area contributed by atoms with E-state index in [4.69, 9.17) is 0 Å². The predicted octanol–water partition coefficient (Wildman–Crippen LogP) is 13.6. The lowest BCUT2D eigenvalue weighted by Crippen LogP contribution is -1.94. The number of nitrogens with zero attached hydrogens (tertiary/aromatic N) is 2. The van der Waals surface area contributed by atoms with E-state index in [1.807, 2.05) is 6.07 Å². The highest BCUT2D eigenvalue weighted by Crippen LogP contribution is 2.44. The molecule has 0 radical (unpaired) electrons. The third kappa shape index (κ3) is 5.02. The summed E-state index contributed by atoms with van der Waals surface area (Å²) in [5.74, 6) is 0. The summed E-state index contributed by atoms with van der Waals surface area (Å²) in [6.07, 6.45) is 0. The first-order valence-electron chi connectivity index (χ1n) is 18.0. The van der Waals surface area contributed by atoms with E-state index in [0.717, 1.165) is 33.5 Å². The topological polar surface area (TPSA) is 28.7 Å². The number of benzene rings is 9. The highest BCUT2D eigenvalue weighted by Gasteiger charge is 2.17. The monoisotopic (exact) mass is 672 g/mol.